The van der Waals surface area contributed by atoms with E-state index in [1.807, 2.05) is 53.7 Å². The van der Waals surface area contributed by atoms with Crippen LogP contribution in [0.4, 0.5) is 11.4 Å². The largest absolute Gasteiger partial charge is 0.506 e. The van der Waals surface area contributed by atoms with E-state index < -0.39 is 16.7 Å². The van der Waals surface area contributed by atoms with E-state index in [-0.39, 0.29) is 34.3 Å². The summed E-state index contributed by atoms with van der Waals surface area (Å²) in [5.74, 6) is -0.722. The fourth-order valence-corrected chi connectivity index (χ4v) is 5.76. The number of carbonyl (C=O) groups excluding carboxylic acids is 3. The fourth-order valence-electron chi connectivity index (χ4n) is 5.76. The van der Waals surface area contributed by atoms with Crippen LogP contribution in [0.25, 0.3) is 5.57 Å². The summed E-state index contributed by atoms with van der Waals surface area (Å²) in [5.41, 5.74) is 1.59. The fraction of sp³-hybridized carbons (Fsp3) is 0.576. The molecule has 222 valence electrons. The van der Waals surface area contributed by atoms with Crippen LogP contribution in [0, 0.1) is 11.3 Å². The molecule has 2 N–H and O–H groups in total. The van der Waals surface area contributed by atoms with Gasteiger partial charge >= 0.3 is 0 Å². The Morgan fingerprint density at radius 1 is 1.02 bits per heavy atom. The number of rotatable bonds is 9. The summed E-state index contributed by atoms with van der Waals surface area (Å²) < 4.78 is 0. The summed E-state index contributed by atoms with van der Waals surface area (Å²) in [6.07, 6.45) is 5.70. The molecule has 0 aromatic heterocycles. The molecule has 8 heteroatoms. The summed E-state index contributed by atoms with van der Waals surface area (Å²) >= 11 is 0. The normalized spacial score (nSPS) is 20.1. The van der Waals surface area contributed by atoms with E-state index in [2.05, 4.69) is 24.1 Å². The van der Waals surface area contributed by atoms with Crippen molar-refractivity contribution in [1.29, 1.82) is 0 Å². The van der Waals surface area contributed by atoms with Crippen LogP contribution in [0.5, 0.6) is 0 Å². The van der Waals surface area contributed by atoms with Gasteiger partial charge in [-0.3, -0.25) is 14.4 Å². The van der Waals surface area contributed by atoms with Crippen LogP contribution in [0.2, 0.25) is 0 Å². The van der Waals surface area contributed by atoms with Crippen molar-refractivity contribution in [2.24, 2.45) is 16.4 Å². The molecule has 8 nitrogen and oxygen atoms in total. The number of benzene rings is 1. The van der Waals surface area contributed by atoms with Gasteiger partial charge in [0.05, 0.1) is 33.7 Å². The van der Waals surface area contributed by atoms with Gasteiger partial charge in [0.1, 0.15) is 5.76 Å². The minimum Gasteiger partial charge on any atom is -0.506 e. The lowest BCUT2D eigenvalue weighted by Crippen LogP contribution is -2.40. The lowest BCUT2D eigenvalue weighted by atomic mass is 9.78. The van der Waals surface area contributed by atoms with Gasteiger partial charge in [-0.05, 0) is 71.6 Å². The second kappa shape index (κ2) is 11.5. The van der Waals surface area contributed by atoms with Crippen molar-refractivity contribution in [2.75, 3.05) is 23.3 Å². The quantitative estimate of drug-likeness (QED) is 0.329. The number of hydrazone groups is 1. The summed E-state index contributed by atoms with van der Waals surface area (Å²) in [6.45, 7) is 17.1. The van der Waals surface area contributed by atoms with Crippen molar-refractivity contribution in [3.63, 3.8) is 0 Å². The number of anilines is 2. The zero-order chi connectivity index (χ0) is 30.3. The number of nitrogens with one attached hydrogen (secondary N) is 1. The van der Waals surface area contributed by atoms with Gasteiger partial charge in [-0.25, -0.2) is 5.01 Å². The molecule has 41 heavy (non-hydrogen) atoms. The Labute approximate surface area is 244 Å². The highest BCUT2D eigenvalue weighted by molar-refractivity contribution is 6.44. The second-order valence-electron chi connectivity index (χ2n) is 13.1. The number of nitrogens with zero attached hydrogens (tertiary/aromatic N) is 3. The van der Waals surface area contributed by atoms with E-state index >= 15 is 0 Å². The standard InChI is InChI=1S/C33H46N4O4/c1-9-33(7,8)31(41)34-23-19-21(36(10-2)11-3)16-17-22(23)25-28(38)27(29(25)39)26-24(18-20-14-12-13-15-20)35-37(30(26)40)32(4,5)6/h16-17,19-20,38H,9-15,18H2,1-8H3,(H,34,41). The molecule has 1 saturated carbocycles. The summed E-state index contributed by atoms with van der Waals surface area (Å²) in [6, 6.07) is 5.54. The Morgan fingerprint density at radius 2 is 1.66 bits per heavy atom. The van der Waals surface area contributed by atoms with E-state index in [4.69, 9.17) is 5.10 Å². The van der Waals surface area contributed by atoms with Crippen molar-refractivity contribution < 1.29 is 19.5 Å². The Morgan fingerprint density at radius 3 is 2.20 bits per heavy atom. The van der Waals surface area contributed by atoms with Gasteiger partial charge < -0.3 is 15.3 Å². The Hall–Kier alpha value is -3.42. The van der Waals surface area contributed by atoms with Crippen LogP contribution < -0.4 is 10.2 Å². The molecule has 1 aliphatic heterocycles. The molecule has 0 unspecified atom stereocenters. The van der Waals surface area contributed by atoms with Crippen molar-refractivity contribution in [1.82, 2.24) is 5.01 Å². The van der Waals surface area contributed by atoms with Crippen LogP contribution >= 0.6 is 0 Å². The number of carbonyl (C=O) groups is 3. The molecule has 1 aromatic rings. The highest BCUT2D eigenvalue weighted by Gasteiger charge is 2.46. The van der Waals surface area contributed by atoms with E-state index in [9.17, 15) is 19.5 Å². The minimum atomic E-state index is -0.617. The van der Waals surface area contributed by atoms with E-state index in [1.54, 1.807) is 6.07 Å². The van der Waals surface area contributed by atoms with Crippen molar-refractivity contribution in [2.45, 2.75) is 99.5 Å². The molecule has 4 rings (SSSR count). The first-order valence-electron chi connectivity index (χ1n) is 15.1. The topological polar surface area (TPSA) is 102 Å². The Balaban J connectivity index is 1.82. The molecule has 2 aliphatic carbocycles. The van der Waals surface area contributed by atoms with Crippen LogP contribution in [0.1, 0.15) is 99.5 Å². The van der Waals surface area contributed by atoms with Gasteiger partial charge in [-0.2, -0.15) is 5.10 Å². The van der Waals surface area contributed by atoms with Gasteiger partial charge in [0.25, 0.3) is 5.91 Å². The highest BCUT2D eigenvalue weighted by Crippen LogP contribution is 2.44. The number of allylic oxidation sites excluding steroid dienone is 2. The number of hydrogen-bond acceptors (Lipinski definition) is 6. The molecule has 0 bridgehead atoms. The van der Waals surface area contributed by atoms with E-state index in [0.29, 0.717) is 35.7 Å². The predicted molar refractivity (Wildman–Crippen MR) is 165 cm³/mol. The molecular formula is C33H46N4O4. The smallest absolute Gasteiger partial charge is 0.277 e. The molecule has 0 spiro atoms. The van der Waals surface area contributed by atoms with Gasteiger partial charge in [0, 0.05) is 29.8 Å². The molecule has 3 aliphatic rings. The molecular weight excluding hydrogens is 516 g/mol. The van der Waals surface area contributed by atoms with Gasteiger partial charge in [0.15, 0.2) is 0 Å². The first-order chi connectivity index (χ1) is 19.2. The maximum atomic E-state index is 13.8. The Kier molecular flexibility index (Phi) is 8.53. The van der Waals surface area contributed by atoms with Crippen LogP contribution in [-0.2, 0) is 14.4 Å². The molecule has 0 atom stereocenters. The summed E-state index contributed by atoms with van der Waals surface area (Å²) in [7, 11) is 0. The minimum absolute atomic E-state index is 0.0347. The maximum absolute atomic E-state index is 13.8. The number of aliphatic hydroxyl groups is 1. The number of Topliss-reactive ketones (excluding diaryl/α,β-unsaturated/α-hetero) is 1. The van der Waals surface area contributed by atoms with Crippen LogP contribution in [-0.4, -0.2) is 52.1 Å². The van der Waals surface area contributed by atoms with E-state index in [0.717, 1.165) is 44.5 Å². The van der Waals surface area contributed by atoms with Crippen molar-refractivity contribution >= 4 is 40.3 Å². The van der Waals surface area contributed by atoms with Gasteiger partial charge in [-0.1, -0.05) is 46.5 Å². The number of aliphatic hydroxyl groups excluding tert-OH is 1. The maximum Gasteiger partial charge on any atom is 0.277 e. The summed E-state index contributed by atoms with van der Waals surface area (Å²) in [5, 5.41) is 20.6. The SMILES string of the molecule is CCN(CC)c1ccc(C2=C(O)C(=C3C(=O)N(C(C)(C)C)N=C3CC3CCCC3)C2=O)c(NC(=O)C(C)(C)CC)c1. The van der Waals surface area contributed by atoms with Crippen molar-refractivity contribution in [3.8, 4) is 0 Å². The zero-order valence-electron chi connectivity index (χ0n) is 26.0. The average molecular weight is 563 g/mol. The Bertz CT molecular complexity index is 1340. The highest BCUT2D eigenvalue weighted by atomic mass is 16.3. The second-order valence-corrected chi connectivity index (χ2v) is 13.1. The average Bonchev–Trinajstić information content (AvgIpc) is 3.54. The third-order valence-corrected chi connectivity index (χ3v) is 8.83. The lowest BCUT2D eigenvalue weighted by Gasteiger charge is -2.29. The lowest BCUT2D eigenvalue weighted by molar-refractivity contribution is -0.130. The number of hydrogen-bond donors (Lipinski definition) is 2. The molecule has 0 saturated heterocycles. The molecule has 1 heterocycles. The number of amides is 2. The van der Waals surface area contributed by atoms with Gasteiger partial charge in [-0.15, -0.1) is 0 Å². The third-order valence-electron chi connectivity index (χ3n) is 8.83. The monoisotopic (exact) mass is 562 g/mol. The van der Waals surface area contributed by atoms with Crippen LogP contribution in [0.15, 0.2) is 40.2 Å². The predicted octanol–water partition coefficient (Wildman–Crippen LogP) is 6.63. The molecule has 0 radical (unpaired) electrons. The molecule has 2 amide bonds. The third kappa shape index (κ3) is 5.70. The first kappa shape index (κ1) is 30.5. The first-order valence-corrected chi connectivity index (χ1v) is 15.1. The van der Waals surface area contributed by atoms with E-state index in [1.165, 1.54) is 5.01 Å². The van der Waals surface area contributed by atoms with Gasteiger partial charge in [0.2, 0.25) is 11.7 Å². The molecule has 1 aromatic carbocycles. The number of ketones is 1. The zero-order valence-corrected chi connectivity index (χ0v) is 26.0. The van der Waals surface area contributed by atoms with Crippen molar-refractivity contribution in [3.05, 3.63) is 40.7 Å². The molecule has 1 fully saturated rings. The summed E-state index contributed by atoms with van der Waals surface area (Å²) in [4.78, 5) is 42.9. The van der Waals surface area contributed by atoms with Crippen LogP contribution in [0.3, 0.4) is 0 Å².